The van der Waals surface area contributed by atoms with Crippen molar-refractivity contribution in [1.82, 2.24) is 30.1 Å². The number of hydrogen-bond donors (Lipinski definition) is 2. The van der Waals surface area contributed by atoms with Crippen molar-refractivity contribution in [1.29, 1.82) is 0 Å². The van der Waals surface area contributed by atoms with Crippen LogP contribution in [0, 0.1) is 6.92 Å². The minimum Gasteiger partial charge on any atom is -0.463 e. The fourth-order valence-corrected chi connectivity index (χ4v) is 2.87. The Hall–Kier alpha value is -4.01. The van der Waals surface area contributed by atoms with E-state index in [2.05, 4.69) is 30.1 Å². The Kier molecular flexibility index (Phi) is 3.26. The molecule has 0 atom stereocenters. The van der Waals surface area contributed by atoms with Crippen LogP contribution in [0.15, 0.2) is 56.5 Å². The van der Waals surface area contributed by atoms with Crippen LogP contribution in [0.3, 0.4) is 0 Å². The first kappa shape index (κ1) is 15.3. The van der Waals surface area contributed by atoms with Crippen LogP contribution in [0.2, 0.25) is 0 Å². The van der Waals surface area contributed by atoms with Gasteiger partial charge in [0.15, 0.2) is 5.65 Å². The minimum atomic E-state index is -0.339. The van der Waals surface area contributed by atoms with Gasteiger partial charge in [0.1, 0.15) is 11.6 Å². The summed E-state index contributed by atoms with van der Waals surface area (Å²) in [5, 5.41) is 3.95. The van der Waals surface area contributed by atoms with Gasteiger partial charge in [-0.05, 0) is 37.3 Å². The highest BCUT2D eigenvalue weighted by Crippen LogP contribution is 2.26. The largest absolute Gasteiger partial charge is 0.463 e. The molecule has 0 bridgehead atoms. The number of hydrogen-bond acceptors (Lipinski definition) is 7. The number of nitrogens with zero attached hydrogens (tertiary/aromatic N) is 4. The molecule has 5 aromatic heterocycles. The summed E-state index contributed by atoms with van der Waals surface area (Å²) in [6.45, 7) is 1.84. The van der Waals surface area contributed by atoms with Crippen LogP contribution >= 0.6 is 0 Å². The third-order valence-corrected chi connectivity index (χ3v) is 4.10. The molecular formula is C18H12N6O3. The molecule has 0 aliphatic carbocycles. The number of H-pyrrole nitrogens is 2. The van der Waals surface area contributed by atoms with Gasteiger partial charge in [-0.3, -0.25) is 4.79 Å². The fourth-order valence-electron chi connectivity index (χ4n) is 2.87. The number of nitrogens with one attached hydrogen (secondary N) is 2. The minimum absolute atomic E-state index is 0.193. The van der Waals surface area contributed by atoms with Crippen molar-refractivity contribution < 1.29 is 8.94 Å². The Morgan fingerprint density at radius 3 is 2.78 bits per heavy atom. The van der Waals surface area contributed by atoms with Crippen molar-refractivity contribution in [2.75, 3.05) is 0 Å². The molecule has 132 valence electrons. The van der Waals surface area contributed by atoms with Crippen LogP contribution in [-0.4, -0.2) is 30.1 Å². The van der Waals surface area contributed by atoms with E-state index < -0.39 is 0 Å². The summed E-state index contributed by atoms with van der Waals surface area (Å²) >= 11 is 0. The van der Waals surface area contributed by atoms with E-state index in [0.717, 1.165) is 5.82 Å². The second-order valence-electron chi connectivity index (χ2n) is 5.89. The summed E-state index contributed by atoms with van der Waals surface area (Å²) in [6.07, 6.45) is 3.16. The molecule has 0 unspecified atom stereocenters. The third kappa shape index (κ3) is 2.53. The van der Waals surface area contributed by atoms with Gasteiger partial charge in [-0.1, -0.05) is 5.16 Å². The lowest BCUT2D eigenvalue weighted by molar-refractivity contribution is 0.432. The number of aryl methyl sites for hydroxylation is 1. The Morgan fingerprint density at radius 2 is 1.96 bits per heavy atom. The summed E-state index contributed by atoms with van der Waals surface area (Å²) in [5.74, 6) is 1.77. The molecular weight excluding hydrogens is 348 g/mol. The monoisotopic (exact) mass is 360 g/mol. The zero-order valence-electron chi connectivity index (χ0n) is 14.1. The first-order valence-electron chi connectivity index (χ1n) is 8.12. The summed E-state index contributed by atoms with van der Waals surface area (Å²) < 4.78 is 10.7. The van der Waals surface area contributed by atoms with Gasteiger partial charge in [0.05, 0.1) is 28.6 Å². The van der Waals surface area contributed by atoms with Gasteiger partial charge in [-0.15, -0.1) is 0 Å². The number of aromatic amines is 2. The molecule has 0 fully saturated rings. The van der Waals surface area contributed by atoms with Gasteiger partial charge in [0.2, 0.25) is 5.82 Å². The summed E-state index contributed by atoms with van der Waals surface area (Å²) in [4.78, 5) is 31.2. The van der Waals surface area contributed by atoms with E-state index in [-0.39, 0.29) is 17.3 Å². The van der Waals surface area contributed by atoms with Crippen LogP contribution in [0.1, 0.15) is 5.82 Å². The zero-order chi connectivity index (χ0) is 18.4. The van der Waals surface area contributed by atoms with Gasteiger partial charge < -0.3 is 18.9 Å². The van der Waals surface area contributed by atoms with E-state index in [9.17, 15) is 4.79 Å². The van der Waals surface area contributed by atoms with Crippen molar-refractivity contribution >= 4 is 11.2 Å². The Labute approximate surface area is 151 Å². The molecule has 0 saturated heterocycles. The second kappa shape index (κ2) is 5.77. The first-order chi connectivity index (χ1) is 13.2. The van der Waals surface area contributed by atoms with Gasteiger partial charge in [-0.2, -0.15) is 4.98 Å². The van der Waals surface area contributed by atoms with Crippen molar-refractivity contribution in [3.8, 4) is 34.3 Å². The molecule has 0 spiro atoms. The van der Waals surface area contributed by atoms with Crippen molar-refractivity contribution in [2.45, 2.75) is 6.92 Å². The van der Waals surface area contributed by atoms with Crippen LogP contribution in [0.5, 0.6) is 0 Å². The quantitative estimate of drug-likeness (QED) is 0.506. The second-order valence-corrected chi connectivity index (χ2v) is 5.89. The standard InChI is InChI=1S/C18H12N6O3/c1-9-20-14-10(6-7-19-16(14)21-9)18-23-15(24-27-18)11-4-5-12(22-17(11)25)13-3-2-8-26-13/h2-8H,1H3,(H,22,25)(H,19,20,21). The first-order valence-corrected chi connectivity index (χ1v) is 8.12. The summed E-state index contributed by atoms with van der Waals surface area (Å²) in [5.41, 5.74) is 2.46. The molecule has 5 rings (SSSR count). The number of fused-ring (bicyclic) bond motifs is 1. The maximum absolute atomic E-state index is 12.5. The topological polar surface area (TPSA) is 126 Å². The predicted octanol–water partition coefficient (Wildman–Crippen LogP) is 2.93. The van der Waals surface area contributed by atoms with Gasteiger partial charge in [0, 0.05) is 6.20 Å². The number of furan rings is 1. The van der Waals surface area contributed by atoms with Crippen molar-refractivity contribution in [2.24, 2.45) is 0 Å². The molecule has 2 N–H and O–H groups in total. The van der Waals surface area contributed by atoms with Crippen molar-refractivity contribution in [3.05, 3.63) is 59.0 Å². The fraction of sp³-hybridized carbons (Fsp3) is 0.0556. The maximum atomic E-state index is 12.5. The molecule has 0 saturated carbocycles. The number of pyridine rings is 2. The lowest BCUT2D eigenvalue weighted by Gasteiger charge is -1.98. The van der Waals surface area contributed by atoms with E-state index >= 15 is 0 Å². The van der Waals surface area contributed by atoms with Gasteiger partial charge in [-0.25, -0.2) is 9.97 Å². The Balaban J connectivity index is 1.57. The molecule has 0 aromatic carbocycles. The van der Waals surface area contributed by atoms with E-state index in [0.29, 0.717) is 33.7 Å². The summed E-state index contributed by atoms with van der Waals surface area (Å²) in [7, 11) is 0. The molecule has 9 heteroatoms. The highest BCUT2D eigenvalue weighted by atomic mass is 16.5. The third-order valence-electron chi connectivity index (χ3n) is 4.10. The number of rotatable bonds is 3. The predicted molar refractivity (Wildman–Crippen MR) is 95.7 cm³/mol. The highest BCUT2D eigenvalue weighted by molar-refractivity contribution is 5.87. The molecule has 0 amide bonds. The van der Waals surface area contributed by atoms with Gasteiger partial charge in [0.25, 0.3) is 11.4 Å². The van der Waals surface area contributed by atoms with Gasteiger partial charge >= 0.3 is 0 Å². The molecule has 0 aliphatic rings. The number of imidazole rings is 1. The lowest BCUT2D eigenvalue weighted by Crippen LogP contribution is -2.10. The lowest BCUT2D eigenvalue weighted by atomic mass is 10.2. The molecule has 9 nitrogen and oxygen atoms in total. The molecule has 27 heavy (non-hydrogen) atoms. The van der Waals surface area contributed by atoms with Crippen LogP contribution in [0.4, 0.5) is 0 Å². The van der Waals surface area contributed by atoms with E-state index in [1.165, 1.54) is 0 Å². The smallest absolute Gasteiger partial charge is 0.260 e. The molecule has 5 heterocycles. The Bertz CT molecular complexity index is 1310. The van der Waals surface area contributed by atoms with Crippen molar-refractivity contribution in [3.63, 3.8) is 0 Å². The zero-order valence-corrected chi connectivity index (χ0v) is 14.1. The summed E-state index contributed by atoms with van der Waals surface area (Å²) in [6, 6.07) is 8.63. The highest BCUT2D eigenvalue weighted by Gasteiger charge is 2.17. The SMILES string of the molecule is Cc1nc2nccc(-c3nc(-c4ccc(-c5ccco5)[nH]c4=O)no3)c2[nH]1. The van der Waals surface area contributed by atoms with Crippen LogP contribution < -0.4 is 5.56 Å². The molecule has 0 aliphatic heterocycles. The molecule has 5 aromatic rings. The average Bonchev–Trinajstić information content (AvgIpc) is 3.41. The normalized spacial score (nSPS) is 11.3. The van der Waals surface area contributed by atoms with E-state index in [1.54, 1.807) is 42.8 Å². The maximum Gasteiger partial charge on any atom is 0.260 e. The van der Waals surface area contributed by atoms with Crippen LogP contribution in [0.25, 0.3) is 45.5 Å². The number of aromatic nitrogens is 6. The van der Waals surface area contributed by atoms with Crippen LogP contribution in [-0.2, 0) is 0 Å². The molecule has 0 radical (unpaired) electrons. The average molecular weight is 360 g/mol. The van der Waals surface area contributed by atoms with E-state index in [1.807, 2.05) is 6.92 Å². The Morgan fingerprint density at radius 1 is 1.04 bits per heavy atom. The van der Waals surface area contributed by atoms with E-state index in [4.69, 9.17) is 8.94 Å².